The maximum Gasteiger partial charge on any atom is 0.0431 e. The maximum atomic E-state index is 8.58. The SMILES string of the molecule is CC(CCCO)C1CSC1. The number of thioether (sulfide) groups is 1. The minimum atomic E-state index is 0.365. The molecule has 0 bridgehead atoms. The Morgan fingerprint density at radius 3 is 2.70 bits per heavy atom. The molecule has 1 heterocycles. The first-order chi connectivity index (χ1) is 4.84. The van der Waals surface area contributed by atoms with Gasteiger partial charge in [0.15, 0.2) is 0 Å². The highest BCUT2D eigenvalue weighted by molar-refractivity contribution is 8.00. The summed E-state index contributed by atoms with van der Waals surface area (Å²) in [7, 11) is 0. The monoisotopic (exact) mass is 160 g/mol. The molecule has 1 fully saturated rings. The summed E-state index contributed by atoms with van der Waals surface area (Å²) < 4.78 is 0. The normalized spacial score (nSPS) is 22.2. The van der Waals surface area contributed by atoms with Crippen LogP contribution in [0.3, 0.4) is 0 Å². The van der Waals surface area contributed by atoms with E-state index in [0.717, 1.165) is 18.3 Å². The van der Waals surface area contributed by atoms with Crippen LogP contribution in [0.5, 0.6) is 0 Å². The lowest BCUT2D eigenvalue weighted by atomic mass is 9.92. The molecule has 0 amide bonds. The van der Waals surface area contributed by atoms with Gasteiger partial charge in [0.2, 0.25) is 0 Å². The van der Waals surface area contributed by atoms with Crippen LogP contribution in [0, 0.1) is 11.8 Å². The third kappa shape index (κ3) is 2.17. The molecule has 0 saturated carbocycles. The first-order valence-electron chi connectivity index (χ1n) is 4.03. The Hall–Kier alpha value is 0.310. The Kier molecular flexibility index (Phi) is 3.57. The smallest absolute Gasteiger partial charge is 0.0431 e. The summed E-state index contributed by atoms with van der Waals surface area (Å²) in [6, 6.07) is 0. The van der Waals surface area contributed by atoms with Crippen molar-refractivity contribution in [3.8, 4) is 0 Å². The van der Waals surface area contributed by atoms with Gasteiger partial charge in [-0.05, 0) is 36.2 Å². The van der Waals surface area contributed by atoms with Crippen molar-refractivity contribution in [2.24, 2.45) is 11.8 Å². The quantitative estimate of drug-likeness (QED) is 0.676. The van der Waals surface area contributed by atoms with E-state index in [0.29, 0.717) is 6.61 Å². The van der Waals surface area contributed by atoms with Crippen LogP contribution < -0.4 is 0 Å². The molecule has 1 unspecified atom stereocenters. The average molecular weight is 160 g/mol. The molecule has 1 saturated heterocycles. The molecule has 0 spiro atoms. The number of hydrogen-bond acceptors (Lipinski definition) is 2. The van der Waals surface area contributed by atoms with Gasteiger partial charge >= 0.3 is 0 Å². The van der Waals surface area contributed by atoms with Crippen LogP contribution in [0.2, 0.25) is 0 Å². The number of rotatable bonds is 4. The molecular weight excluding hydrogens is 144 g/mol. The van der Waals surface area contributed by atoms with E-state index >= 15 is 0 Å². The molecule has 2 heteroatoms. The van der Waals surface area contributed by atoms with Crippen molar-refractivity contribution in [2.45, 2.75) is 19.8 Å². The molecule has 0 aromatic heterocycles. The number of aliphatic hydroxyl groups is 1. The fourth-order valence-electron chi connectivity index (χ4n) is 1.23. The van der Waals surface area contributed by atoms with E-state index in [2.05, 4.69) is 6.92 Å². The van der Waals surface area contributed by atoms with E-state index < -0.39 is 0 Å². The fourth-order valence-corrected chi connectivity index (χ4v) is 2.40. The highest BCUT2D eigenvalue weighted by Crippen LogP contribution is 2.32. The van der Waals surface area contributed by atoms with Gasteiger partial charge in [0.1, 0.15) is 0 Å². The van der Waals surface area contributed by atoms with Crippen molar-refractivity contribution >= 4 is 11.8 Å². The molecule has 1 nitrogen and oxygen atoms in total. The summed E-state index contributed by atoms with van der Waals surface area (Å²) in [5.41, 5.74) is 0. The molecule has 1 N–H and O–H groups in total. The third-order valence-electron chi connectivity index (χ3n) is 2.29. The zero-order valence-electron chi connectivity index (χ0n) is 6.55. The van der Waals surface area contributed by atoms with Crippen molar-refractivity contribution in [3.05, 3.63) is 0 Å². The second-order valence-corrected chi connectivity index (χ2v) is 4.22. The van der Waals surface area contributed by atoms with Crippen LogP contribution in [0.4, 0.5) is 0 Å². The van der Waals surface area contributed by atoms with Gasteiger partial charge in [-0.15, -0.1) is 0 Å². The Balaban J connectivity index is 2.02. The minimum Gasteiger partial charge on any atom is -0.396 e. The van der Waals surface area contributed by atoms with Crippen LogP contribution in [-0.2, 0) is 0 Å². The highest BCUT2D eigenvalue weighted by Gasteiger charge is 2.23. The lowest BCUT2D eigenvalue weighted by Crippen LogP contribution is -2.25. The molecule has 1 aliphatic rings. The number of aliphatic hydroxyl groups excluding tert-OH is 1. The molecule has 1 rings (SSSR count). The summed E-state index contributed by atoms with van der Waals surface area (Å²) >= 11 is 2.04. The summed E-state index contributed by atoms with van der Waals surface area (Å²) in [4.78, 5) is 0. The van der Waals surface area contributed by atoms with Gasteiger partial charge in [-0.3, -0.25) is 0 Å². The largest absolute Gasteiger partial charge is 0.396 e. The molecule has 10 heavy (non-hydrogen) atoms. The van der Waals surface area contributed by atoms with Crippen LogP contribution in [0.25, 0.3) is 0 Å². The zero-order valence-corrected chi connectivity index (χ0v) is 7.36. The summed E-state index contributed by atoms with van der Waals surface area (Å²) in [6.07, 6.45) is 2.20. The van der Waals surface area contributed by atoms with E-state index in [9.17, 15) is 0 Å². The topological polar surface area (TPSA) is 20.2 Å². The van der Waals surface area contributed by atoms with Crippen molar-refractivity contribution < 1.29 is 5.11 Å². The van der Waals surface area contributed by atoms with Gasteiger partial charge in [-0.2, -0.15) is 11.8 Å². The molecule has 0 aromatic rings. The first-order valence-corrected chi connectivity index (χ1v) is 5.18. The Morgan fingerprint density at radius 2 is 2.30 bits per heavy atom. The molecule has 0 aromatic carbocycles. The maximum absolute atomic E-state index is 8.58. The molecule has 0 aliphatic carbocycles. The standard InChI is InChI=1S/C8H16OS/c1-7(3-2-4-9)8-5-10-6-8/h7-9H,2-6H2,1H3. The van der Waals surface area contributed by atoms with Gasteiger partial charge in [-0.1, -0.05) is 6.92 Å². The molecule has 0 radical (unpaired) electrons. The Morgan fingerprint density at radius 1 is 1.60 bits per heavy atom. The van der Waals surface area contributed by atoms with E-state index in [-0.39, 0.29) is 0 Å². The predicted molar refractivity (Wildman–Crippen MR) is 46.3 cm³/mol. The highest BCUT2D eigenvalue weighted by atomic mass is 32.2. The fraction of sp³-hybridized carbons (Fsp3) is 1.00. The van der Waals surface area contributed by atoms with E-state index in [1.807, 2.05) is 11.8 Å². The predicted octanol–water partition coefficient (Wildman–Crippen LogP) is 1.76. The Labute approximate surface area is 67.2 Å². The van der Waals surface area contributed by atoms with Crippen LogP contribution in [0.15, 0.2) is 0 Å². The lowest BCUT2D eigenvalue weighted by Gasteiger charge is -2.30. The van der Waals surface area contributed by atoms with Crippen LogP contribution in [0.1, 0.15) is 19.8 Å². The van der Waals surface area contributed by atoms with Gasteiger partial charge in [0.05, 0.1) is 0 Å². The van der Waals surface area contributed by atoms with Crippen LogP contribution in [-0.4, -0.2) is 23.2 Å². The summed E-state index contributed by atoms with van der Waals surface area (Å²) in [5.74, 6) is 4.50. The van der Waals surface area contributed by atoms with E-state index in [1.54, 1.807) is 0 Å². The molecule has 1 aliphatic heterocycles. The lowest BCUT2D eigenvalue weighted by molar-refractivity contribution is 0.261. The first kappa shape index (κ1) is 8.41. The average Bonchev–Trinajstić information content (AvgIpc) is 1.79. The summed E-state index contributed by atoms with van der Waals surface area (Å²) in [5, 5.41) is 8.58. The van der Waals surface area contributed by atoms with Gasteiger partial charge in [-0.25, -0.2) is 0 Å². The molecule has 1 atom stereocenters. The van der Waals surface area contributed by atoms with E-state index in [4.69, 9.17) is 5.11 Å². The third-order valence-corrected chi connectivity index (χ3v) is 3.61. The molecule has 60 valence electrons. The van der Waals surface area contributed by atoms with Gasteiger partial charge < -0.3 is 5.11 Å². The Bertz CT molecular complexity index is 91.3. The van der Waals surface area contributed by atoms with E-state index in [1.165, 1.54) is 17.9 Å². The van der Waals surface area contributed by atoms with Crippen molar-refractivity contribution in [3.63, 3.8) is 0 Å². The zero-order chi connectivity index (χ0) is 7.40. The number of hydrogen-bond donors (Lipinski definition) is 1. The second kappa shape index (κ2) is 4.24. The van der Waals surface area contributed by atoms with Crippen LogP contribution >= 0.6 is 11.8 Å². The summed E-state index contributed by atoms with van der Waals surface area (Å²) in [6.45, 7) is 2.67. The van der Waals surface area contributed by atoms with Gasteiger partial charge in [0, 0.05) is 6.61 Å². The van der Waals surface area contributed by atoms with Crippen molar-refractivity contribution in [1.82, 2.24) is 0 Å². The second-order valence-electron chi connectivity index (χ2n) is 3.14. The minimum absolute atomic E-state index is 0.365. The molecular formula is C8H16OS. The van der Waals surface area contributed by atoms with Crippen molar-refractivity contribution in [1.29, 1.82) is 0 Å². The van der Waals surface area contributed by atoms with Crippen molar-refractivity contribution in [2.75, 3.05) is 18.1 Å². The van der Waals surface area contributed by atoms with Gasteiger partial charge in [0.25, 0.3) is 0 Å².